The zero-order valence-electron chi connectivity index (χ0n) is 16.0. The summed E-state index contributed by atoms with van der Waals surface area (Å²) in [6, 6.07) is 15.8. The van der Waals surface area contributed by atoms with E-state index in [2.05, 4.69) is 16.1 Å². The van der Waals surface area contributed by atoms with E-state index in [1.54, 1.807) is 18.2 Å². The maximum Gasteiger partial charge on any atom is 0.307 e. The molecule has 1 atom stereocenters. The van der Waals surface area contributed by atoms with E-state index in [0.717, 1.165) is 24.8 Å². The van der Waals surface area contributed by atoms with Gasteiger partial charge in [-0.1, -0.05) is 42.5 Å². The van der Waals surface area contributed by atoms with Crippen molar-refractivity contribution in [2.75, 3.05) is 13.2 Å². The van der Waals surface area contributed by atoms with Crippen LogP contribution in [0.1, 0.15) is 36.4 Å². The summed E-state index contributed by atoms with van der Waals surface area (Å²) >= 11 is 0. The van der Waals surface area contributed by atoms with Crippen molar-refractivity contribution in [2.45, 2.75) is 36.6 Å². The van der Waals surface area contributed by atoms with E-state index >= 15 is 0 Å². The summed E-state index contributed by atoms with van der Waals surface area (Å²) < 4.78 is 31.5. The van der Waals surface area contributed by atoms with Gasteiger partial charge >= 0.3 is 5.97 Å². The number of esters is 1. The summed E-state index contributed by atoms with van der Waals surface area (Å²) in [5.41, 5.74) is 2.33. The predicted molar refractivity (Wildman–Crippen MR) is 107 cm³/mol. The first-order valence-corrected chi connectivity index (χ1v) is 11.0. The second kappa shape index (κ2) is 9.67. The molecule has 1 aliphatic carbocycles. The van der Waals surface area contributed by atoms with Gasteiger partial charge in [-0.15, -0.1) is 0 Å². The molecular weight excluding hydrogens is 392 g/mol. The first-order valence-electron chi connectivity index (χ1n) is 9.53. The van der Waals surface area contributed by atoms with Gasteiger partial charge in [0.25, 0.3) is 5.91 Å². The molecule has 154 valence electrons. The quantitative estimate of drug-likeness (QED) is 0.642. The fourth-order valence-corrected chi connectivity index (χ4v) is 4.38. The number of ether oxygens (including phenoxy) is 1. The lowest BCUT2D eigenvalue weighted by molar-refractivity contribution is -0.148. The monoisotopic (exact) mass is 416 g/mol. The first kappa shape index (κ1) is 21.0. The zero-order valence-corrected chi connectivity index (χ0v) is 16.8. The van der Waals surface area contributed by atoms with Crippen LogP contribution in [0.15, 0.2) is 59.5 Å². The Morgan fingerprint density at radius 1 is 1.03 bits per heavy atom. The van der Waals surface area contributed by atoms with Gasteiger partial charge in [0.05, 0.1) is 17.4 Å². The van der Waals surface area contributed by atoms with Crippen molar-refractivity contribution in [1.29, 1.82) is 0 Å². The van der Waals surface area contributed by atoms with E-state index in [1.165, 1.54) is 17.7 Å². The lowest BCUT2D eigenvalue weighted by Crippen LogP contribution is -2.34. The van der Waals surface area contributed by atoms with E-state index in [0.29, 0.717) is 0 Å². The molecule has 0 radical (unpaired) electrons. The van der Waals surface area contributed by atoms with Crippen LogP contribution in [-0.2, 0) is 30.8 Å². The number of hydrogen-bond acceptors (Lipinski definition) is 5. The molecule has 0 aliphatic heterocycles. The molecule has 0 saturated carbocycles. The van der Waals surface area contributed by atoms with Gasteiger partial charge in [0.1, 0.15) is 0 Å². The largest absolute Gasteiger partial charge is 0.456 e. The molecule has 2 aromatic carbocycles. The fraction of sp³-hybridized carbons (Fsp3) is 0.333. The van der Waals surface area contributed by atoms with E-state index in [4.69, 9.17) is 4.74 Å². The predicted octanol–water partition coefficient (Wildman–Crippen LogP) is 2.09. The molecule has 0 fully saturated rings. The van der Waals surface area contributed by atoms with Gasteiger partial charge in [0.15, 0.2) is 6.61 Å². The standard InChI is InChI=1S/C21H24N2O5S/c24-20(23-19-12-6-8-16-7-4-5-11-18(16)19)15-28-21(25)13-14-22-29(26,27)17-9-2-1-3-10-17/h1-5,7,9-11,19,22H,6,8,12-15H2,(H,23,24)/t19-/m0/s1. The molecular formula is C21H24N2O5S. The van der Waals surface area contributed by atoms with Crippen molar-refractivity contribution in [1.82, 2.24) is 10.0 Å². The van der Waals surface area contributed by atoms with Crippen LogP contribution < -0.4 is 10.0 Å². The van der Waals surface area contributed by atoms with Crippen molar-refractivity contribution >= 4 is 21.9 Å². The molecule has 0 aromatic heterocycles. The zero-order chi connectivity index (χ0) is 20.7. The number of benzene rings is 2. The van der Waals surface area contributed by atoms with Crippen molar-refractivity contribution in [2.24, 2.45) is 0 Å². The molecule has 1 aliphatic rings. The molecule has 0 bridgehead atoms. The van der Waals surface area contributed by atoms with Gasteiger partial charge in [0.2, 0.25) is 10.0 Å². The van der Waals surface area contributed by atoms with Crippen LogP contribution in [0.2, 0.25) is 0 Å². The number of aryl methyl sites for hydroxylation is 1. The Morgan fingerprint density at radius 2 is 1.76 bits per heavy atom. The third-order valence-electron chi connectivity index (χ3n) is 4.74. The van der Waals surface area contributed by atoms with Crippen molar-refractivity contribution < 1.29 is 22.7 Å². The highest BCUT2D eigenvalue weighted by atomic mass is 32.2. The second-order valence-corrected chi connectivity index (χ2v) is 8.60. The van der Waals surface area contributed by atoms with Gasteiger partial charge in [-0.25, -0.2) is 13.1 Å². The number of fused-ring (bicyclic) bond motifs is 1. The van der Waals surface area contributed by atoms with E-state index in [9.17, 15) is 18.0 Å². The molecule has 8 heteroatoms. The minimum Gasteiger partial charge on any atom is -0.456 e. The van der Waals surface area contributed by atoms with Crippen LogP contribution in [-0.4, -0.2) is 33.4 Å². The number of hydrogen-bond donors (Lipinski definition) is 2. The van der Waals surface area contributed by atoms with Crippen LogP contribution in [0, 0.1) is 0 Å². The molecule has 7 nitrogen and oxygen atoms in total. The van der Waals surface area contributed by atoms with Gasteiger partial charge in [-0.3, -0.25) is 9.59 Å². The molecule has 0 spiro atoms. The van der Waals surface area contributed by atoms with E-state index < -0.39 is 16.0 Å². The van der Waals surface area contributed by atoms with E-state index in [-0.39, 0.29) is 36.4 Å². The highest BCUT2D eigenvalue weighted by Gasteiger charge is 2.22. The van der Waals surface area contributed by atoms with Crippen molar-refractivity contribution in [3.05, 3.63) is 65.7 Å². The van der Waals surface area contributed by atoms with Crippen LogP contribution in [0.3, 0.4) is 0 Å². The number of carbonyl (C=O) groups excluding carboxylic acids is 2. The van der Waals surface area contributed by atoms with Crippen molar-refractivity contribution in [3.63, 3.8) is 0 Å². The van der Waals surface area contributed by atoms with Crippen LogP contribution in [0.25, 0.3) is 0 Å². The van der Waals surface area contributed by atoms with Crippen molar-refractivity contribution in [3.8, 4) is 0 Å². The Hall–Kier alpha value is -2.71. The van der Waals surface area contributed by atoms with Crippen LogP contribution in [0.5, 0.6) is 0 Å². The van der Waals surface area contributed by atoms with E-state index in [1.807, 2.05) is 18.2 Å². The van der Waals surface area contributed by atoms with Crippen LogP contribution in [0.4, 0.5) is 0 Å². The number of nitrogens with one attached hydrogen (secondary N) is 2. The summed E-state index contributed by atoms with van der Waals surface area (Å²) in [7, 11) is -3.67. The van der Waals surface area contributed by atoms with Gasteiger partial charge in [-0.2, -0.15) is 0 Å². The molecule has 3 rings (SSSR count). The van der Waals surface area contributed by atoms with Gasteiger partial charge in [0, 0.05) is 6.54 Å². The maximum absolute atomic E-state index is 12.1. The summed E-state index contributed by atoms with van der Waals surface area (Å²) in [4.78, 5) is 24.1. The normalized spacial score (nSPS) is 15.9. The highest BCUT2D eigenvalue weighted by Crippen LogP contribution is 2.29. The molecule has 2 aromatic rings. The average Bonchev–Trinajstić information content (AvgIpc) is 2.73. The second-order valence-electron chi connectivity index (χ2n) is 6.83. The van der Waals surface area contributed by atoms with Gasteiger partial charge < -0.3 is 10.1 Å². The summed E-state index contributed by atoms with van der Waals surface area (Å²) in [5, 5.41) is 2.90. The first-order chi connectivity index (χ1) is 14.0. The topological polar surface area (TPSA) is 102 Å². The Kier molecular flexibility index (Phi) is 7.00. The lowest BCUT2D eigenvalue weighted by atomic mass is 9.88. The smallest absolute Gasteiger partial charge is 0.307 e. The Bertz CT molecular complexity index is 960. The molecule has 29 heavy (non-hydrogen) atoms. The third-order valence-corrected chi connectivity index (χ3v) is 6.22. The molecule has 0 saturated heterocycles. The minimum absolute atomic E-state index is 0.0798. The summed E-state index contributed by atoms with van der Waals surface area (Å²) in [5.74, 6) is -1.01. The Morgan fingerprint density at radius 3 is 2.55 bits per heavy atom. The van der Waals surface area contributed by atoms with Gasteiger partial charge in [-0.05, 0) is 42.5 Å². The molecule has 0 unspecified atom stereocenters. The molecule has 1 amide bonds. The summed E-state index contributed by atoms with van der Waals surface area (Å²) in [6.45, 7) is -0.489. The third kappa shape index (κ3) is 5.88. The number of amides is 1. The number of sulfonamides is 1. The molecule has 0 heterocycles. The number of carbonyl (C=O) groups is 2. The fourth-order valence-electron chi connectivity index (χ4n) is 3.33. The highest BCUT2D eigenvalue weighted by molar-refractivity contribution is 7.89. The van der Waals surface area contributed by atoms with Crippen LogP contribution >= 0.6 is 0 Å². The minimum atomic E-state index is -3.67. The Balaban J connectivity index is 1.40. The average molecular weight is 416 g/mol. The maximum atomic E-state index is 12.1. The number of rotatable bonds is 8. The Labute approximate surface area is 170 Å². The SMILES string of the molecule is O=C(COC(=O)CCNS(=O)(=O)c1ccccc1)N[C@H]1CCCc2ccccc21. The summed E-state index contributed by atoms with van der Waals surface area (Å²) in [6.07, 6.45) is 2.67. The molecule has 2 N–H and O–H groups in total. The lowest BCUT2D eigenvalue weighted by Gasteiger charge is -2.26.